The molecule has 0 aliphatic rings. The van der Waals surface area contributed by atoms with E-state index in [2.05, 4.69) is 63.6 Å². The van der Waals surface area contributed by atoms with Crippen LogP contribution in [0, 0.1) is 0 Å². The molecule has 4 nitrogen and oxygen atoms in total. The van der Waals surface area contributed by atoms with E-state index >= 15 is 0 Å². The van der Waals surface area contributed by atoms with Crippen molar-refractivity contribution in [3.05, 3.63) is 234 Å². The van der Waals surface area contributed by atoms with Gasteiger partial charge in [0.05, 0.1) is 27.5 Å². The van der Waals surface area contributed by atoms with Crippen LogP contribution >= 0.6 is 11.6 Å². The Kier molecular flexibility index (Phi) is 16.1. The van der Waals surface area contributed by atoms with Gasteiger partial charge in [-0.15, -0.1) is 0 Å². The van der Waals surface area contributed by atoms with Gasteiger partial charge < -0.3 is 10.0 Å². The van der Waals surface area contributed by atoms with E-state index in [1.807, 2.05) is 146 Å². The molecule has 0 saturated heterocycles. The molecule has 8 aromatic carbocycles. The molecule has 2 heterocycles. The van der Waals surface area contributed by atoms with E-state index in [0.29, 0.717) is 22.4 Å². The lowest BCUT2D eigenvalue weighted by Crippen LogP contribution is -2.29. The summed E-state index contributed by atoms with van der Waals surface area (Å²) >= 11 is 5.85. The Balaban J connectivity index is 0.000000165. The number of nitrogens with zero attached hydrogens (tertiary/aromatic N) is 2. The van der Waals surface area contributed by atoms with Crippen LogP contribution in [0.3, 0.4) is 0 Å². The molecule has 12 heteroatoms. The lowest BCUT2D eigenvalue weighted by molar-refractivity contribution is -0.138. The van der Waals surface area contributed by atoms with Crippen LogP contribution in [0.5, 0.6) is 0 Å². The summed E-state index contributed by atoms with van der Waals surface area (Å²) in [6, 6.07) is 61.0. The van der Waals surface area contributed by atoms with Crippen LogP contribution < -0.4 is 5.46 Å². The molecule has 0 amide bonds. The molecule has 0 aliphatic heterocycles. The van der Waals surface area contributed by atoms with E-state index in [1.165, 1.54) is 6.07 Å². The summed E-state index contributed by atoms with van der Waals surface area (Å²) in [6.07, 6.45) is -7.27. The molecule has 0 aliphatic carbocycles. The Morgan fingerprint density at radius 3 is 1.16 bits per heavy atom. The third-order valence-electron chi connectivity index (χ3n) is 12.9. The topological polar surface area (TPSA) is 66.2 Å². The van der Waals surface area contributed by atoms with Crippen molar-refractivity contribution >= 4 is 45.7 Å². The average Bonchev–Trinajstić information content (AvgIpc) is 3.40. The highest BCUT2D eigenvalue weighted by atomic mass is 35.5. The van der Waals surface area contributed by atoms with Crippen molar-refractivity contribution in [2.75, 3.05) is 0 Å². The quantitative estimate of drug-likeness (QED) is 0.129. The summed E-state index contributed by atoms with van der Waals surface area (Å²) in [7, 11) is -1.39. The van der Waals surface area contributed by atoms with E-state index in [-0.39, 0.29) is 21.4 Å². The summed E-state index contributed by atoms with van der Waals surface area (Å²) < 4.78 is 80.7. The van der Waals surface area contributed by atoms with Gasteiger partial charge in [-0.3, -0.25) is 9.97 Å². The Labute approximate surface area is 444 Å². The first kappa shape index (κ1) is 54.7. The fourth-order valence-electron chi connectivity index (χ4n) is 8.98. The highest BCUT2D eigenvalue weighted by Crippen LogP contribution is 2.42. The van der Waals surface area contributed by atoms with Crippen molar-refractivity contribution in [3.63, 3.8) is 0 Å². The van der Waals surface area contributed by atoms with Crippen LogP contribution in [-0.2, 0) is 23.2 Å². The molecular weight excluding hydrogens is 989 g/mol. The largest absolute Gasteiger partial charge is 0.488 e. The molecule has 10 aromatic rings. The van der Waals surface area contributed by atoms with Gasteiger partial charge in [0.2, 0.25) is 0 Å². The van der Waals surface area contributed by atoms with Crippen LogP contribution in [0.25, 0.3) is 77.4 Å². The monoisotopic (exact) mass is 1040 g/mol. The highest BCUT2D eigenvalue weighted by Gasteiger charge is 2.35. The van der Waals surface area contributed by atoms with Crippen molar-refractivity contribution in [2.45, 2.75) is 64.7 Å². The molecular formula is C64H54BClF6N2O2. The summed E-state index contributed by atoms with van der Waals surface area (Å²) in [6.45, 7) is 12.7. The first-order chi connectivity index (χ1) is 36.0. The predicted molar refractivity (Wildman–Crippen MR) is 299 cm³/mol. The van der Waals surface area contributed by atoms with Crippen molar-refractivity contribution in [3.8, 4) is 55.9 Å². The second-order valence-corrected chi connectivity index (χ2v) is 20.9. The molecule has 0 bridgehead atoms. The maximum atomic E-state index is 14.0. The van der Waals surface area contributed by atoms with Crippen LogP contribution in [0.2, 0.25) is 5.02 Å². The number of alkyl halides is 6. The summed E-state index contributed by atoms with van der Waals surface area (Å²) in [5, 5.41) is 21.8. The minimum Gasteiger partial charge on any atom is -0.423 e. The number of benzene rings is 8. The highest BCUT2D eigenvalue weighted by molar-refractivity contribution is 6.58. The number of halogens is 7. The zero-order valence-corrected chi connectivity index (χ0v) is 43.4. The summed E-state index contributed by atoms with van der Waals surface area (Å²) in [4.78, 5) is 8.28. The van der Waals surface area contributed by atoms with Gasteiger partial charge in [0.15, 0.2) is 0 Å². The van der Waals surface area contributed by atoms with E-state index in [1.54, 1.807) is 30.3 Å². The lowest BCUT2D eigenvalue weighted by atomic mass is 9.80. The van der Waals surface area contributed by atoms with Gasteiger partial charge >= 0.3 is 19.5 Å². The van der Waals surface area contributed by atoms with Gasteiger partial charge in [0.25, 0.3) is 0 Å². The SMILES string of the molecule is CC(C)(C)c1cc(-c2cc(-c3ccc(-c4ccccc4)cc3)c(C(F)(F)F)cn2)cc2ccccc12.CC(C)(C)c1cc(-c2cc(Cl)c(C(F)(F)F)cn2)cc2ccccc12.OB(O)c1ccc(-c2ccccc2)cc1. The number of rotatable bonds is 6. The Hall–Kier alpha value is -7.57. The minimum atomic E-state index is -4.51. The first-order valence-electron chi connectivity index (χ1n) is 24.5. The average molecular weight is 1040 g/mol. The predicted octanol–water partition coefficient (Wildman–Crippen LogP) is 17.5. The Morgan fingerprint density at radius 2 is 0.750 bits per heavy atom. The molecule has 0 spiro atoms. The number of hydrogen-bond donors (Lipinski definition) is 2. The maximum Gasteiger partial charge on any atom is 0.488 e. The zero-order chi connectivity index (χ0) is 54.6. The standard InChI is InChI=1S/C32H26F3N.C20H17ClF3N.C12H11BO2/c1-31(2,3)28-18-25(17-24-11-7-8-12-26(24)28)30-19-27(29(20-36-30)32(33,34)35)23-15-13-22(14-16-23)21-9-5-4-6-10-21;1-19(2,3)15-9-13(8-12-6-4-5-7-14(12)15)18-10-17(21)16(11-25-18)20(22,23)24;14-13(15)12-8-6-11(7-9-12)10-4-2-1-3-5-10/h4-20H,1-3H3;4-11H,1-3H3;1-9,14-15H. The van der Waals surface area contributed by atoms with Gasteiger partial charge in [0.1, 0.15) is 0 Å². The Morgan fingerprint density at radius 1 is 0.382 bits per heavy atom. The second-order valence-electron chi connectivity index (χ2n) is 20.5. The van der Waals surface area contributed by atoms with E-state index in [0.717, 1.165) is 78.4 Å². The molecule has 384 valence electrons. The molecule has 0 atom stereocenters. The maximum absolute atomic E-state index is 14.0. The molecule has 0 saturated carbocycles. The van der Waals surface area contributed by atoms with Gasteiger partial charge in [-0.05, 0) is 119 Å². The van der Waals surface area contributed by atoms with Gasteiger partial charge in [0, 0.05) is 23.5 Å². The fourth-order valence-corrected chi connectivity index (χ4v) is 9.24. The molecule has 0 fully saturated rings. The van der Waals surface area contributed by atoms with E-state index in [9.17, 15) is 26.3 Å². The van der Waals surface area contributed by atoms with Crippen molar-refractivity contribution in [1.82, 2.24) is 9.97 Å². The molecule has 10 rings (SSSR count). The molecule has 2 N–H and O–H groups in total. The number of pyridine rings is 2. The minimum absolute atomic E-state index is 0.120. The van der Waals surface area contributed by atoms with Gasteiger partial charge in [-0.2, -0.15) is 26.3 Å². The third kappa shape index (κ3) is 12.9. The number of hydrogen-bond acceptors (Lipinski definition) is 4. The van der Waals surface area contributed by atoms with Crippen LogP contribution in [0.1, 0.15) is 63.8 Å². The molecule has 2 aromatic heterocycles. The normalized spacial score (nSPS) is 11.9. The van der Waals surface area contributed by atoms with Crippen molar-refractivity contribution in [2.24, 2.45) is 0 Å². The number of aromatic nitrogens is 2. The van der Waals surface area contributed by atoms with Crippen molar-refractivity contribution < 1.29 is 36.4 Å². The van der Waals surface area contributed by atoms with Crippen LogP contribution in [0.4, 0.5) is 26.3 Å². The first-order valence-corrected chi connectivity index (χ1v) is 24.9. The third-order valence-corrected chi connectivity index (χ3v) is 13.2. The van der Waals surface area contributed by atoms with Crippen molar-refractivity contribution in [1.29, 1.82) is 0 Å². The van der Waals surface area contributed by atoms with Crippen LogP contribution in [-0.4, -0.2) is 27.1 Å². The lowest BCUT2D eigenvalue weighted by Gasteiger charge is -2.23. The summed E-state index contributed by atoms with van der Waals surface area (Å²) in [5.74, 6) is 0. The summed E-state index contributed by atoms with van der Waals surface area (Å²) in [5.41, 5.74) is 8.10. The molecule has 0 radical (unpaired) electrons. The second kappa shape index (κ2) is 22.3. The van der Waals surface area contributed by atoms with Gasteiger partial charge in [-0.25, -0.2) is 0 Å². The van der Waals surface area contributed by atoms with E-state index in [4.69, 9.17) is 21.6 Å². The molecule has 76 heavy (non-hydrogen) atoms. The van der Waals surface area contributed by atoms with Gasteiger partial charge in [-0.1, -0.05) is 211 Å². The number of fused-ring (bicyclic) bond motifs is 2. The molecule has 0 unspecified atom stereocenters. The fraction of sp³-hybridized carbons (Fsp3) is 0.156. The van der Waals surface area contributed by atoms with E-state index < -0.39 is 30.6 Å². The Bertz CT molecular complexity index is 3610. The van der Waals surface area contributed by atoms with Crippen LogP contribution in [0.15, 0.2) is 207 Å². The zero-order valence-electron chi connectivity index (χ0n) is 42.6. The smallest absolute Gasteiger partial charge is 0.423 e.